The van der Waals surface area contributed by atoms with Crippen LogP contribution in [-0.4, -0.2) is 35.8 Å². The molecule has 0 aliphatic heterocycles. The van der Waals surface area contributed by atoms with E-state index in [-0.39, 0.29) is 17.9 Å². The highest BCUT2D eigenvalue weighted by molar-refractivity contribution is 9.10. The van der Waals surface area contributed by atoms with E-state index in [4.69, 9.17) is 0 Å². The number of halogens is 1. The lowest BCUT2D eigenvalue weighted by atomic mass is 10.1. The van der Waals surface area contributed by atoms with Crippen LogP contribution in [0, 0.1) is 0 Å². The van der Waals surface area contributed by atoms with E-state index in [9.17, 15) is 9.59 Å². The standard InChI is InChI=1S/C22H28BrN3O2/c1-5-26(6-2)22(28)17-10-9-11-18(14-17)25-21(27)16(4)24-15(3)19-12-7-8-13-20(19)23/h7-16,24H,5-6H2,1-4H3,(H,25,27). The van der Waals surface area contributed by atoms with E-state index in [0.29, 0.717) is 24.3 Å². The van der Waals surface area contributed by atoms with Crippen LogP contribution in [0.3, 0.4) is 0 Å². The predicted molar refractivity (Wildman–Crippen MR) is 117 cm³/mol. The van der Waals surface area contributed by atoms with Crippen LogP contribution in [0.1, 0.15) is 49.7 Å². The molecule has 0 aromatic heterocycles. The quantitative estimate of drug-likeness (QED) is 0.623. The van der Waals surface area contributed by atoms with Gasteiger partial charge in [-0.3, -0.25) is 14.9 Å². The lowest BCUT2D eigenvalue weighted by Crippen LogP contribution is -2.39. The first kappa shape index (κ1) is 22.1. The zero-order chi connectivity index (χ0) is 20.7. The smallest absolute Gasteiger partial charge is 0.253 e. The molecule has 150 valence electrons. The molecule has 6 heteroatoms. The molecule has 2 aromatic rings. The Bertz CT molecular complexity index is 821. The highest BCUT2D eigenvalue weighted by Gasteiger charge is 2.18. The molecule has 2 amide bonds. The fourth-order valence-electron chi connectivity index (χ4n) is 3.04. The van der Waals surface area contributed by atoms with Crippen LogP contribution in [0.5, 0.6) is 0 Å². The van der Waals surface area contributed by atoms with Crippen LogP contribution >= 0.6 is 15.9 Å². The molecule has 0 saturated carbocycles. The first-order chi connectivity index (χ1) is 13.4. The van der Waals surface area contributed by atoms with Gasteiger partial charge in [-0.25, -0.2) is 0 Å². The van der Waals surface area contributed by atoms with Gasteiger partial charge in [-0.15, -0.1) is 0 Å². The van der Waals surface area contributed by atoms with Gasteiger partial charge in [0, 0.05) is 34.9 Å². The van der Waals surface area contributed by atoms with Crippen LogP contribution in [0.2, 0.25) is 0 Å². The highest BCUT2D eigenvalue weighted by atomic mass is 79.9. The third-order valence-electron chi connectivity index (χ3n) is 4.69. The van der Waals surface area contributed by atoms with Crippen LogP contribution < -0.4 is 10.6 Å². The molecular formula is C22H28BrN3O2. The Labute approximate surface area is 175 Å². The number of anilines is 1. The van der Waals surface area contributed by atoms with Crippen molar-refractivity contribution >= 4 is 33.4 Å². The van der Waals surface area contributed by atoms with E-state index < -0.39 is 6.04 Å². The van der Waals surface area contributed by atoms with Gasteiger partial charge in [0.2, 0.25) is 5.91 Å². The summed E-state index contributed by atoms with van der Waals surface area (Å²) >= 11 is 3.55. The molecule has 2 aromatic carbocycles. The molecule has 2 rings (SSSR count). The Balaban J connectivity index is 2.03. The molecule has 0 fully saturated rings. The Morgan fingerprint density at radius 3 is 2.36 bits per heavy atom. The van der Waals surface area contributed by atoms with Crippen molar-refractivity contribution in [2.24, 2.45) is 0 Å². The first-order valence-corrected chi connectivity index (χ1v) is 10.4. The second kappa shape index (κ2) is 10.4. The minimum Gasteiger partial charge on any atom is -0.339 e. The summed E-state index contributed by atoms with van der Waals surface area (Å²) in [5.74, 6) is -0.179. The topological polar surface area (TPSA) is 61.4 Å². The lowest BCUT2D eigenvalue weighted by molar-refractivity contribution is -0.117. The Morgan fingerprint density at radius 1 is 1.04 bits per heavy atom. The van der Waals surface area contributed by atoms with Crippen molar-refractivity contribution in [2.75, 3.05) is 18.4 Å². The molecule has 0 heterocycles. The van der Waals surface area contributed by atoms with Gasteiger partial charge in [0.1, 0.15) is 0 Å². The van der Waals surface area contributed by atoms with Crippen LogP contribution in [0.25, 0.3) is 0 Å². The number of carbonyl (C=O) groups is 2. The molecule has 0 aliphatic rings. The van der Waals surface area contributed by atoms with Crippen LogP contribution in [-0.2, 0) is 4.79 Å². The van der Waals surface area contributed by atoms with Gasteiger partial charge in [-0.05, 0) is 57.5 Å². The van der Waals surface area contributed by atoms with Crippen LogP contribution in [0.15, 0.2) is 53.0 Å². The summed E-state index contributed by atoms with van der Waals surface area (Å²) < 4.78 is 1.00. The number of rotatable bonds is 8. The zero-order valence-corrected chi connectivity index (χ0v) is 18.4. The van der Waals surface area contributed by atoms with Crippen molar-refractivity contribution in [3.05, 3.63) is 64.1 Å². The number of nitrogens with zero attached hydrogens (tertiary/aromatic N) is 1. The SMILES string of the molecule is CCN(CC)C(=O)c1cccc(NC(=O)C(C)NC(C)c2ccccc2Br)c1. The number of benzene rings is 2. The summed E-state index contributed by atoms with van der Waals surface area (Å²) in [6.45, 7) is 9.06. The summed E-state index contributed by atoms with van der Waals surface area (Å²) in [7, 11) is 0. The summed E-state index contributed by atoms with van der Waals surface area (Å²) in [5, 5.41) is 6.21. The maximum Gasteiger partial charge on any atom is 0.253 e. The normalized spacial score (nSPS) is 12.9. The van der Waals surface area contributed by atoms with E-state index in [1.807, 2.05) is 52.0 Å². The Morgan fingerprint density at radius 2 is 1.71 bits per heavy atom. The van der Waals surface area contributed by atoms with Gasteiger partial charge < -0.3 is 10.2 Å². The molecule has 5 nitrogen and oxygen atoms in total. The molecule has 2 N–H and O–H groups in total. The molecule has 0 radical (unpaired) electrons. The monoisotopic (exact) mass is 445 g/mol. The van der Waals surface area contributed by atoms with E-state index in [0.717, 1.165) is 10.0 Å². The average Bonchev–Trinajstić information content (AvgIpc) is 2.69. The largest absolute Gasteiger partial charge is 0.339 e. The molecule has 0 spiro atoms. The van der Waals surface area contributed by atoms with E-state index in [1.54, 1.807) is 29.2 Å². The maximum atomic E-state index is 12.6. The van der Waals surface area contributed by atoms with Gasteiger partial charge >= 0.3 is 0 Å². The third-order valence-corrected chi connectivity index (χ3v) is 5.41. The fourth-order valence-corrected chi connectivity index (χ4v) is 3.67. The molecule has 0 saturated heterocycles. The summed E-state index contributed by atoms with van der Waals surface area (Å²) in [5.41, 5.74) is 2.28. The fraction of sp³-hybridized carbons (Fsp3) is 0.364. The zero-order valence-electron chi connectivity index (χ0n) is 16.8. The van der Waals surface area contributed by atoms with Crippen molar-refractivity contribution in [2.45, 2.75) is 39.8 Å². The number of hydrogen-bond donors (Lipinski definition) is 2. The van der Waals surface area contributed by atoms with Gasteiger partial charge in [0.15, 0.2) is 0 Å². The summed E-state index contributed by atoms with van der Waals surface area (Å²) in [4.78, 5) is 26.9. The maximum absolute atomic E-state index is 12.6. The second-order valence-electron chi connectivity index (χ2n) is 6.68. The number of carbonyl (C=O) groups excluding carboxylic acids is 2. The first-order valence-electron chi connectivity index (χ1n) is 9.58. The number of nitrogens with one attached hydrogen (secondary N) is 2. The Hall–Kier alpha value is -2.18. The molecule has 2 atom stereocenters. The number of amides is 2. The third kappa shape index (κ3) is 5.66. The van der Waals surface area contributed by atoms with Gasteiger partial charge in [-0.2, -0.15) is 0 Å². The van der Waals surface area contributed by atoms with Crippen molar-refractivity contribution in [3.8, 4) is 0 Å². The predicted octanol–water partition coefficient (Wildman–Crippen LogP) is 4.61. The summed E-state index contributed by atoms with van der Waals surface area (Å²) in [6, 6.07) is 14.6. The van der Waals surface area contributed by atoms with Crippen LogP contribution in [0.4, 0.5) is 5.69 Å². The molecule has 28 heavy (non-hydrogen) atoms. The van der Waals surface area contributed by atoms with Gasteiger partial charge in [-0.1, -0.05) is 40.2 Å². The lowest BCUT2D eigenvalue weighted by Gasteiger charge is -2.21. The number of hydrogen-bond acceptors (Lipinski definition) is 3. The summed E-state index contributed by atoms with van der Waals surface area (Å²) in [6.07, 6.45) is 0. The molecule has 0 bridgehead atoms. The average molecular weight is 446 g/mol. The second-order valence-corrected chi connectivity index (χ2v) is 7.53. The van der Waals surface area contributed by atoms with Gasteiger partial charge in [0.25, 0.3) is 5.91 Å². The minimum absolute atomic E-state index is 0.00639. The van der Waals surface area contributed by atoms with E-state index in [2.05, 4.69) is 26.6 Å². The van der Waals surface area contributed by atoms with Crippen molar-refractivity contribution in [3.63, 3.8) is 0 Å². The Kier molecular flexibility index (Phi) is 8.20. The van der Waals surface area contributed by atoms with Crippen molar-refractivity contribution in [1.82, 2.24) is 10.2 Å². The van der Waals surface area contributed by atoms with E-state index in [1.165, 1.54) is 0 Å². The van der Waals surface area contributed by atoms with Crippen molar-refractivity contribution < 1.29 is 9.59 Å². The highest BCUT2D eigenvalue weighted by Crippen LogP contribution is 2.23. The van der Waals surface area contributed by atoms with E-state index >= 15 is 0 Å². The molecule has 0 aliphatic carbocycles. The van der Waals surface area contributed by atoms with Gasteiger partial charge in [0.05, 0.1) is 6.04 Å². The molecular weight excluding hydrogens is 418 g/mol. The minimum atomic E-state index is -0.399. The van der Waals surface area contributed by atoms with Crippen molar-refractivity contribution in [1.29, 1.82) is 0 Å². The molecule has 2 unspecified atom stereocenters.